The van der Waals surface area contributed by atoms with Crippen LogP contribution in [0.2, 0.25) is 0 Å². The minimum Gasteiger partial charge on any atom is -0.478 e. The van der Waals surface area contributed by atoms with Crippen LogP contribution in [-0.2, 0) is 11.2 Å². The fraction of sp³-hybridized carbons (Fsp3) is 0.292. The molecule has 6 nitrogen and oxygen atoms in total. The van der Waals surface area contributed by atoms with Crippen LogP contribution in [0.1, 0.15) is 54.2 Å². The van der Waals surface area contributed by atoms with Gasteiger partial charge in [0.15, 0.2) is 0 Å². The summed E-state index contributed by atoms with van der Waals surface area (Å²) in [6, 6.07) is 12.5. The highest BCUT2D eigenvalue weighted by Crippen LogP contribution is 2.25. The first-order valence-electron chi connectivity index (χ1n) is 10.2. The number of rotatable bonds is 7. The number of carboxylic acids is 1. The lowest BCUT2D eigenvalue weighted by molar-refractivity contribution is -0.118. The van der Waals surface area contributed by atoms with E-state index in [1.165, 1.54) is 24.3 Å². The molecule has 1 aliphatic rings. The molecule has 0 radical (unpaired) electrons. The van der Waals surface area contributed by atoms with Crippen LogP contribution in [0.25, 0.3) is 0 Å². The molecular formula is C24H26FN3O3. The minimum absolute atomic E-state index is 0.176. The maximum Gasteiger partial charge on any atom is 0.335 e. The van der Waals surface area contributed by atoms with Crippen LogP contribution >= 0.6 is 0 Å². The summed E-state index contributed by atoms with van der Waals surface area (Å²) in [5, 5.41) is 18.4. The summed E-state index contributed by atoms with van der Waals surface area (Å²) in [6.07, 6.45) is 1.61. The molecule has 7 heteroatoms. The fourth-order valence-corrected chi connectivity index (χ4v) is 3.68. The lowest BCUT2D eigenvalue weighted by Crippen LogP contribution is -2.34. The third-order valence-electron chi connectivity index (χ3n) is 5.35. The van der Waals surface area contributed by atoms with E-state index in [1.54, 1.807) is 29.3 Å². The number of hydrogen-bond acceptors (Lipinski definition) is 4. The Morgan fingerprint density at radius 1 is 1.16 bits per heavy atom. The van der Waals surface area contributed by atoms with Gasteiger partial charge < -0.3 is 10.4 Å². The van der Waals surface area contributed by atoms with Gasteiger partial charge in [0, 0.05) is 36.9 Å². The predicted octanol–water partition coefficient (Wildman–Crippen LogP) is 4.30. The van der Waals surface area contributed by atoms with E-state index in [1.807, 2.05) is 20.9 Å². The summed E-state index contributed by atoms with van der Waals surface area (Å²) in [6.45, 7) is 3.84. The number of carbonyl (C=O) groups excluding carboxylic acids is 1. The van der Waals surface area contributed by atoms with Gasteiger partial charge in [-0.3, -0.25) is 9.80 Å². The average molecular weight is 423 g/mol. The van der Waals surface area contributed by atoms with Crippen molar-refractivity contribution in [3.05, 3.63) is 82.3 Å². The van der Waals surface area contributed by atoms with Crippen molar-refractivity contribution in [3.63, 3.8) is 0 Å². The second kappa shape index (κ2) is 9.55. The van der Waals surface area contributed by atoms with Crippen LogP contribution in [-0.4, -0.2) is 34.8 Å². The van der Waals surface area contributed by atoms with Gasteiger partial charge in [0.25, 0.3) is 0 Å². The summed E-state index contributed by atoms with van der Waals surface area (Å²) in [5.74, 6) is -1.45. The molecule has 0 fully saturated rings. The zero-order valence-corrected chi connectivity index (χ0v) is 17.9. The third kappa shape index (κ3) is 5.36. The molecular weight excluding hydrogens is 397 g/mol. The predicted molar refractivity (Wildman–Crippen MR) is 117 cm³/mol. The Morgan fingerprint density at radius 2 is 1.81 bits per heavy atom. The third-order valence-corrected chi connectivity index (χ3v) is 5.35. The second-order valence-electron chi connectivity index (χ2n) is 7.57. The summed E-state index contributed by atoms with van der Waals surface area (Å²) in [7, 11) is 1.82. The van der Waals surface area contributed by atoms with Gasteiger partial charge in [-0.05, 0) is 48.7 Å². The van der Waals surface area contributed by atoms with Crippen molar-refractivity contribution in [2.75, 3.05) is 7.05 Å². The quantitative estimate of drug-likeness (QED) is 0.696. The monoisotopic (exact) mass is 423 g/mol. The van der Waals surface area contributed by atoms with E-state index in [9.17, 15) is 14.0 Å². The molecule has 162 valence electrons. The van der Waals surface area contributed by atoms with E-state index in [0.717, 1.165) is 22.5 Å². The lowest BCUT2D eigenvalue weighted by atomic mass is 9.97. The van der Waals surface area contributed by atoms with Crippen molar-refractivity contribution in [3.8, 4) is 0 Å². The summed E-state index contributed by atoms with van der Waals surface area (Å²) < 4.78 is 13.2. The van der Waals surface area contributed by atoms with Crippen LogP contribution < -0.4 is 5.32 Å². The van der Waals surface area contributed by atoms with Crippen molar-refractivity contribution in [2.24, 2.45) is 5.10 Å². The molecule has 0 saturated heterocycles. The maximum absolute atomic E-state index is 13.2. The molecule has 1 amide bonds. The smallest absolute Gasteiger partial charge is 0.335 e. The summed E-state index contributed by atoms with van der Waals surface area (Å²) >= 11 is 0. The molecule has 1 aliphatic heterocycles. The Hall–Kier alpha value is -3.48. The molecule has 1 unspecified atom stereocenters. The number of hydrazone groups is 1. The molecule has 1 heterocycles. The number of carbonyl (C=O) groups is 2. The highest BCUT2D eigenvalue weighted by atomic mass is 19.1. The molecule has 3 rings (SSSR count). The van der Waals surface area contributed by atoms with E-state index in [0.29, 0.717) is 24.8 Å². The van der Waals surface area contributed by atoms with Gasteiger partial charge in [-0.25, -0.2) is 9.18 Å². The topological polar surface area (TPSA) is 82.0 Å². The van der Waals surface area contributed by atoms with Gasteiger partial charge in [-0.15, -0.1) is 0 Å². The summed E-state index contributed by atoms with van der Waals surface area (Å²) in [5.41, 5.74) is 4.30. The lowest BCUT2D eigenvalue weighted by Gasteiger charge is -2.28. The minimum atomic E-state index is -0.987. The van der Waals surface area contributed by atoms with Crippen LogP contribution in [0.15, 0.2) is 64.9 Å². The van der Waals surface area contributed by atoms with Gasteiger partial charge in [0.2, 0.25) is 5.91 Å². The molecule has 0 bridgehead atoms. The van der Waals surface area contributed by atoms with Crippen molar-refractivity contribution in [2.45, 2.75) is 39.2 Å². The van der Waals surface area contributed by atoms with Crippen molar-refractivity contribution < 1.29 is 19.1 Å². The number of carboxylic acid groups (broad SMARTS) is 1. The first-order valence-corrected chi connectivity index (χ1v) is 10.2. The van der Waals surface area contributed by atoms with Crippen LogP contribution in [0.3, 0.4) is 0 Å². The first-order chi connectivity index (χ1) is 14.8. The van der Waals surface area contributed by atoms with Crippen LogP contribution in [0.5, 0.6) is 0 Å². The Morgan fingerprint density at radius 3 is 2.39 bits per heavy atom. The van der Waals surface area contributed by atoms with E-state index >= 15 is 0 Å². The van der Waals surface area contributed by atoms with Crippen molar-refractivity contribution in [1.29, 1.82) is 0 Å². The number of nitrogens with zero attached hydrogens (tertiary/aromatic N) is 2. The van der Waals surface area contributed by atoms with E-state index in [4.69, 9.17) is 5.11 Å². The van der Waals surface area contributed by atoms with Gasteiger partial charge in [0.1, 0.15) is 5.82 Å². The van der Waals surface area contributed by atoms with E-state index < -0.39 is 5.97 Å². The molecule has 2 aromatic rings. The van der Waals surface area contributed by atoms with Crippen molar-refractivity contribution >= 4 is 17.6 Å². The Balaban J connectivity index is 1.74. The molecule has 1 atom stereocenters. The number of nitrogens with one attached hydrogen (secondary N) is 1. The van der Waals surface area contributed by atoms with Crippen molar-refractivity contribution in [1.82, 2.24) is 10.3 Å². The van der Waals surface area contributed by atoms with E-state index in [2.05, 4.69) is 10.4 Å². The SMILES string of the molecule is CCC1=C(C(=O)NC(C)c2ccc(C(=O)O)cc2)CC(Cc2ccc(F)cc2)=NN1C. The molecule has 2 N–H and O–H groups in total. The molecule has 31 heavy (non-hydrogen) atoms. The van der Waals surface area contributed by atoms with Gasteiger partial charge in [0.05, 0.1) is 11.6 Å². The number of benzene rings is 2. The Kier molecular flexibility index (Phi) is 6.84. The number of hydrogen-bond donors (Lipinski definition) is 2. The molecule has 0 aromatic heterocycles. The molecule has 0 aliphatic carbocycles. The van der Waals surface area contributed by atoms with Crippen LogP contribution in [0, 0.1) is 5.82 Å². The number of aromatic carboxylic acids is 1. The Labute approximate surface area is 181 Å². The molecule has 0 spiro atoms. The largest absolute Gasteiger partial charge is 0.478 e. The fourth-order valence-electron chi connectivity index (χ4n) is 3.68. The number of allylic oxidation sites excluding steroid dienone is 1. The van der Waals surface area contributed by atoms with Crippen LogP contribution in [0.4, 0.5) is 4.39 Å². The second-order valence-corrected chi connectivity index (χ2v) is 7.57. The first kappa shape index (κ1) is 22.2. The maximum atomic E-state index is 13.2. The highest BCUT2D eigenvalue weighted by molar-refractivity contribution is 6.02. The van der Waals surface area contributed by atoms with E-state index in [-0.39, 0.29) is 23.3 Å². The van der Waals surface area contributed by atoms with Gasteiger partial charge in [-0.1, -0.05) is 31.2 Å². The zero-order chi connectivity index (χ0) is 22.5. The van der Waals surface area contributed by atoms with Gasteiger partial charge >= 0.3 is 5.97 Å². The number of halogens is 1. The number of amides is 1. The summed E-state index contributed by atoms with van der Waals surface area (Å²) in [4.78, 5) is 24.2. The highest BCUT2D eigenvalue weighted by Gasteiger charge is 2.25. The molecule has 2 aromatic carbocycles. The molecule has 0 saturated carbocycles. The average Bonchev–Trinajstić information content (AvgIpc) is 2.75. The normalized spacial score (nSPS) is 14.8. The zero-order valence-electron chi connectivity index (χ0n) is 17.9. The standard InChI is InChI=1S/C24H26FN3O3/c1-4-22-21(14-20(27-28(22)3)13-16-5-11-19(25)12-6-16)23(29)26-15(2)17-7-9-18(10-8-17)24(30)31/h5-12,15H,4,13-14H2,1-3H3,(H,26,29)(H,30,31). The Bertz CT molecular complexity index is 1030. The van der Waals surface area contributed by atoms with Gasteiger partial charge in [-0.2, -0.15) is 5.10 Å².